The van der Waals surface area contributed by atoms with Crippen LogP contribution in [-0.4, -0.2) is 34.7 Å². The van der Waals surface area contributed by atoms with Gasteiger partial charge >= 0.3 is 5.97 Å². The number of aliphatic carboxylic acids is 1. The molecule has 98 valence electrons. The van der Waals surface area contributed by atoms with Crippen LogP contribution in [0, 0.1) is 6.92 Å². The average Bonchev–Trinajstić information content (AvgIpc) is 2.31. The van der Waals surface area contributed by atoms with Gasteiger partial charge in [0.25, 0.3) is 5.91 Å². The number of carbonyl (C=O) groups is 2. The Bertz CT molecular complexity index is 461. The molecule has 0 saturated carbocycles. The standard InChI is InChI=1S/C12H14BrNO4/c1-7-3-2-4-8(10(7)13)11(16)14-9(5-6-15)12(17)18/h2-4,9,15H,5-6H2,1H3,(H,14,16)(H,17,18). The van der Waals surface area contributed by atoms with Crippen molar-refractivity contribution in [2.24, 2.45) is 0 Å². The van der Waals surface area contributed by atoms with Crippen LogP contribution in [-0.2, 0) is 4.79 Å². The van der Waals surface area contributed by atoms with E-state index < -0.39 is 17.9 Å². The third-order valence-corrected chi connectivity index (χ3v) is 3.51. The molecule has 0 spiro atoms. The van der Waals surface area contributed by atoms with Gasteiger partial charge < -0.3 is 15.5 Å². The number of rotatable bonds is 5. The predicted octanol–water partition coefficient (Wildman–Crippen LogP) is 1.32. The first-order chi connectivity index (χ1) is 8.47. The maximum atomic E-state index is 11.9. The molecule has 1 atom stereocenters. The van der Waals surface area contributed by atoms with Gasteiger partial charge in [0.15, 0.2) is 0 Å². The lowest BCUT2D eigenvalue weighted by atomic mass is 10.1. The van der Waals surface area contributed by atoms with Gasteiger partial charge in [0.2, 0.25) is 0 Å². The van der Waals surface area contributed by atoms with Crippen LogP contribution in [0.15, 0.2) is 22.7 Å². The second kappa shape index (κ2) is 6.51. The first kappa shape index (κ1) is 14.7. The maximum absolute atomic E-state index is 11.9. The second-order valence-electron chi connectivity index (χ2n) is 3.81. The Morgan fingerprint density at radius 1 is 1.44 bits per heavy atom. The Labute approximate surface area is 113 Å². The lowest BCUT2D eigenvalue weighted by molar-refractivity contribution is -0.139. The molecule has 0 bridgehead atoms. The summed E-state index contributed by atoms with van der Waals surface area (Å²) >= 11 is 3.29. The highest BCUT2D eigenvalue weighted by Crippen LogP contribution is 2.21. The molecule has 0 aliphatic heterocycles. The first-order valence-electron chi connectivity index (χ1n) is 5.37. The van der Waals surface area contributed by atoms with E-state index in [0.717, 1.165) is 5.56 Å². The monoisotopic (exact) mass is 315 g/mol. The molecule has 0 aromatic heterocycles. The second-order valence-corrected chi connectivity index (χ2v) is 4.61. The zero-order valence-corrected chi connectivity index (χ0v) is 11.4. The summed E-state index contributed by atoms with van der Waals surface area (Å²) in [5.74, 6) is -1.65. The van der Waals surface area contributed by atoms with Crippen LogP contribution in [0.1, 0.15) is 22.3 Å². The van der Waals surface area contributed by atoms with E-state index in [1.807, 2.05) is 13.0 Å². The first-order valence-corrected chi connectivity index (χ1v) is 6.16. The highest BCUT2D eigenvalue weighted by Gasteiger charge is 2.21. The molecule has 1 aromatic rings. The highest BCUT2D eigenvalue weighted by atomic mass is 79.9. The lowest BCUT2D eigenvalue weighted by Gasteiger charge is -2.14. The van der Waals surface area contributed by atoms with E-state index in [-0.39, 0.29) is 13.0 Å². The largest absolute Gasteiger partial charge is 0.480 e. The highest BCUT2D eigenvalue weighted by molar-refractivity contribution is 9.10. The fourth-order valence-electron chi connectivity index (χ4n) is 1.45. The van der Waals surface area contributed by atoms with Gasteiger partial charge in [-0.1, -0.05) is 12.1 Å². The molecule has 6 heteroatoms. The predicted molar refractivity (Wildman–Crippen MR) is 69.5 cm³/mol. The molecule has 0 saturated heterocycles. The number of amides is 1. The van der Waals surface area contributed by atoms with Crippen molar-refractivity contribution in [3.05, 3.63) is 33.8 Å². The molecule has 1 amide bonds. The summed E-state index contributed by atoms with van der Waals surface area (Å²) in [6.07, 6.45) is -0.0233. The molecular weight excluding hydrogens is 302 g/mol. The van der Waals surface area contributed by atoms with Crippen LogP contribution >= 0.6 is 15.9 Å². The molecule has 0 radical (unpaired) electrons. The van der Waals surface area contributed by atoms with Crippen LogP contribution < -0.4 is 5.32 Å². The van der Waals surface area contributed by atoms with Gasteiger partial charge in [0.1, 0.15) is 6.04 Å². The number of benzene rings is 1. The Hall–Kier alpha value is -1.40. The molecule has 3 N–H and O–H groups in total. The molecule has 5 nitrogen and oxygen atoms in total. The minimum absolute atomic E-state index is 0.0233. The molecule has 0 aliphatic rings. The number of nitrogens with one attached hydrogen (secondary N) is 1. The van der Waals surface area contributed by atoms with Gasteiger partial charge in [0, 0.05) is 17.5 Å². The van der Waals surface area contributed by atoms with Crippen LogP contribution in [0.25, 0.3) is 0 Å². The van der Waals surface area contributed by atoms with E-state index in [0.29, 0.717) is 10.0 Å². The van der Waals surface area contributed by atoms with E-state index >= 15 is 0 Å². The van der Waals surface area contributed by atoms with Crippen molar-refractivity contribution >= 4 is 27.8 Å². The molecular formula is C12H14BrNO4. The number of hydrogen-bond donors (Lipinski definition) is 3. The van der Waals surface area contributed by atoms with Crippen molar-refractivity contribution < 1.29 is 19.8 Å². The SMILES string of the molecule is Cc1cccc(C(=O)NC(CCO)C(=O)O)c1Br. The summed E-state index contributed by atoms with van der Waals surface area (Å²) in [5.41, 5.74) is 1.26. The van der Waals surface area contributed by atoms with Gasteiger partial charge in [-0.05, 0) is 34.5 Å². The maximum Gasteiger partial charge on any atom is 0.326 e. The number of halogens is 1. The van der Waals surface area contributed by atoms with Crippen molar-refractivity contribution in [3.63, 3.8) is 0 Å². The van der Waals surface area contributed by atoms with Crippen LogP contribution in [0.5, 0.6) is 0 Å². The third kappa shape index (κ3) is 3.54. The Balaban J connectivity index is 2.87. The Morgan fingerprint density at radius 2 is 2.11 bits per heavy atom. The summed E-state index contributed by atoms with van der Waals surface area (Å²) < 4.78 is 0.635. The number of aliphatic hydroxyl groups is 1. The average molecular weight is 316 g/mol. The van der Waals surface area contributed by atoms with Crippen molar-refractivity contribution in [2.75, 3.05) is 6.61 Å². The smallest absolute Gasteiger partial charge is 0.326 e. The van der Waals surface area contributed by atoms with Gasteiger partial charge in [0.05, 0.1) is 5.56 Å². The van der Waals surface area contributed by atoms with Crippen molar-refractivity contribution in [2.45, 2.75) is 19.4 Å². The quantitative estimate of drug-likeness (QED) is 0.765. The molecule has 0 heterocycles. The molecule has 1 unspecified atom stereocenters. The van der Waals surface area contributed by atoms with Gasteiger partial charge in [-0.15, -0.1) is 0 Å². The van der Waals surface area contributed by atoms with Crippen LogP contribution in [0.4, 0.5) is 0 Å². The van der Waals surface area contributed by atoms with E-state index in [2.05, 4.69) is 21.2 Å². The van der Waals surface area contributed by atoms with E-state index in [9.17, 15) is 9.59 Å². The summed E-state index contributed by atoms with van der Waals surface area (Å²) in [4.78, 5) is 22.8. The minimum Gasteiger partial charge on any atom is -0.480 e. The van der Waals surface area contributed by atoms with Crippen molar-refractivity contribution in [1.82, 2.24) is 5.32 Å². The summed E-state index contributed by atoms with van der Waals surface area (Å²) in [7, 11) is 0. The number of hydrogen-bond acceptors (Lipinski definition) is 3. The minimum atomic E-state index is -1.17. The molecule has 1 rings (SSSR count). The van der Waals surface area contributed by atoms with E-state index in [1.54, 1.807) is 12.1 Å². The fourth-order valence-corrected chi connectivity index (χ4v) is 1.89. The summed E-state index contributed by atoms with van der Waals surface area (Å²) in [6, 6.07) is 4.07. The van der Waals surface area contributed by atoms with Gasteiger partial charge in [-0.25, -0.2) is 4.79 Å². The fraction of sp³-hybridized carbons (Fsp3) is 0.333. The zero-order chi connectivity index (χ0) is 13.7. The normalized spacial score (nSPS) is 11.9. The van der Waals surface area contributed by atoms with Crippen molar-refractivity contribution in [3.8, 4) is 0 Å². The summed E-state index contributed by atoms with van der Waals surface area (Å²) in [6.45, 7) is 1.54. The number of aliphatic hydroxyl groups excluding tert-OH is 1. The Morgan fingerprint density at radius 3 is 2.67 bits per heavy atom. The van der Waals surface area contributed by atoms with Crippen molar-refractivity contribution in [1.29, 1.82) is 0 Å². The van der Waals surface area contributed by atoms with Crippen LogP contribution in [0.3, 0.4) is 0 Å². The molecule has 1 aromatic carbocycles. The summed E-state index contributed by atoms with van der Waals surface area (Å²) in [5, 5.41) is 20.0. The Kier molecular flexibility index (Phi) is 5.30. The number of carboxylic acid groups (broad SMARTS) is 1. The van der Waals surface area contributed by atoms with Gasteiger partial charge in [-0.2, -0.15) is 0 Å². The zero-order valence-electron chi connectivity index (χ0n) is 9.81. The number of carbonyl (C=O) groups excluding carboxylic acids is 1. The lowest BCUT2D eigenvalue weighted by Crippen LogP contribution is -2.41. The number of aryl methyl sites for hydroxylation is 1. The van der Waals surface area contributed by atoms with E-state index in [4.69, 9.17) is 10.2 Å². The molecule has 0 aliphatic carbocycles. The van der Waals surface area contributed by atoms with Crippen LogP contribution in [0.2, 0.25) is 0 Å². The van der Waals surface area contributed by atoms with E-state index in [1.165, 1.54) is 0 Å². The number of carboxylic acids is 1. The van der Waals surface area contributed by atoms with Gasteiger partial charge in [-0.3, -0.25) is 4.79 Å². The topological polar surface area (TPSA) is 86.6 Å². The molecule has 0 fully saturated rings. The molecule has 18 heavy (non-hydrogen) atoms. The third-order valence-electron chi connectivity index (χ3n) is 2.46.